The Morgan fingerprint density at radius 3 is 2.94 bits per heavy atom. The van der Waals surface area contributed by atoms with Crippen molar-refractivity contribution in [3.63, 3.8) is 0 Å². The van der Waals surface area contributed by atoms with Gasteiger partial charge in [-0.25, -0.2) is 4.98 Å². The molecule has 96 valence electrons. The molecule has 0 fully saturated rings. The Hall–Kier alpha value is -1.26. The summed E-state index contributed by atoms with van der Waals surface area (Å²) in [4.78, 5) is 10.1. The van der Waals surface area contributed by atoms with Gasteiger partial charge in [-0.1, -0.05) is 13.0 Å². The largest absolute Gasteiger partial charge is 0.309 e. The smallest absolute Gasteiger partial charge is 0.0987 e. The first-order chi connectivity index (χ1) is 8.79. The molecule has 0 amide bonds. The van der Waals surface area contributed by atoms with E-state index in [-0.39, 0.29) is 0 Å². The van der Waals surface area contributed by atoms with E-state index in [0.717, 1.165) is 30.1 Å². The molecular weight excluding hydrogens is 242 g/mol. The van der Waals surface area contributed by atoms with Gasteiger partial charge < -0.3 is 5.32 Å². The van der Waals surface area contributed by atoms with Gasteiger partial charge in [0, 0.05) is 35.4 Å². The van der Waals surface area contributed by atoms with Gasteiger partial charge in [0.1, 0.15) is 0 Å². The van der Waals surface area contributed by atoms with Crippen molar-refractivity contribution in [3.05, 3.63) is 46.2 Å². The molecule has 0 spiro atoms. The third kappa shape index (κ3) is 3.62. The lowest BCUT2D eigenvalue weighted by atomic mass is 10.3. The number of nitrogens with zero attached hydrogens (tertiary/aromatic N) is 2. The van der Waals surface area contributed by atoms with E-state index in [1.807, 2.05) is 30.6 Å². The zero-order valence-corrected chi connectivity index (χ0v) is 11.7. The Balaban J connectivity index is 1.98. The van der Waals surface area contributed by atoms with Crippen LogP contribution in [0.2, 0.25) is 0 Å². The molecule has 0 bridgehead atoms. The summed E-state index contributed by atoms with van der Waals surface area (Å²) in [5.74, 6) is 0. The van der Waals surface area contributed by atoms with Gasteiger partial charge in [-0.15, -0.1) is 11.3 Å². The van der Waals surface area contributed by atoms with Crippen LogP contribution in [-0.2, 0) is 6.42 Å². The average molecular weight is 261 g/mol. The summed E-state index contributed by atoms with van der Waals surface area (Å²) in [5, 5.41) is 4.61. The van der Waals surface area contributed by atoms with Crippen molar-refractivity contribution in [2.45, 2.75) is 32.7 Å². The van der Waals surface area contributed by atoms with Gasteiger partial charge in [-0.3, -0.25) is 4.98 Å². The van der Waals surface area contributed by atoms with Crippen molar-refractivity contribution >= 4 is 11.3 Å². The molecule has 0 radical (unpaired) electrons. The van der Waals surface area contributed by atoms with E-state index < -0.39 is 0 Å². The maximum Gasteiger partial charge on any atom is 0.0987 e. The van der Waals surface area contributed by atoms with Gasteiger partial charge in [0.05, 0.1) is 5.01 Å². The first-order valence-corrected chi connectivity index (χ1v) is 7.19. The molecule has 3 nitrogen and oxygen atoms in total. The SMILES string of the molecule is CCCNC(C)c1cnc(Cc2ccccn2)s1. The fourth-order valence-corrected chi connectivity index (χ4v) is 2.69. The lowest BCUT2D eigenvalue weighted by Gasteiger charge is -2.09. The summed E-state index contributed by atoms with van der Waals surface area (Å²) in [6.45, 7) is 5.42. The van der Waals surface area contributed by atoms with Crippen LogP contribution in [0.15, 0.2) is 30.6 Å². The van der Waals surface area contributed by atoms with Crippen molar-refractivity contribution in [1.29, 1.82) is 0 Å². The number of hydrogen-bond donors (Lipinski definition) is 1. The van der Waals surface area contributed by atoms with Gasteiger partial charge in [0.2, 0.25) is 0 Å². The summed E-state index contributed by atoms with van der Waals surface area (Å²) in [6, 6.07) is 6.38. The molecule has 1 unspecified atom stereocenters. The zero-order valence-electron chi connectivity index (χ0n) is 10.9. The topological polar surface area (TPSA) is 37.8 Å². The van der Waals surface area contributed by atoms with Crippen molar-refractivity contribution in [2.75, 3.05) is 6.54 Å². The molecule has 0 aliphatic rings. The average Bonchev–Trinajstić information content (AvgIpc) is 2.86. The van der Waals surface area contributed by atoms with Gasteiger partial charge >= 0.3 is 0 Å². The Kier molecular flexibility index (Phi) is 4.84. The van der Waals surface area contributed by atoms with Gasteiger partial charge in [0.15, 0.2) is 0 Å². The molecule has 4 heteroatoms. The normalized spacial score (nSPS) is 12.6. The lowest BCUT2D eigenvalue weighted by Crippen LogP contribution is -2.18. The van der Waals surface area contributed by atoms with E-state index in [2.05, 4.69) is 29.1 Å². The molecule has 18 heavy (non-hydrogen) atoms. The molecule has 0 aliphatic heterocycles. The van der Waals surface area contributed by atoms with Crippen LogP contribution in [0.4, 0.5) is 0 Å². The van der Waals surface area contributed by atoms with Gasteiger partial charge in [0.25, 0.3) is 0 Å². The van der Waals surface area contributed by atoms with Crippen LogP contribution in [0.1, 0.15) is 41.9 Å². The van der Waals surface area contributed by atoms with E-state index in [1.165, 1.54) is 4.88 Å². The van der Waals surface area contributed by atoms with E-state index in [9.17, 15) is 0 Å². The first-order valence-electron chi connectivity index (χ1n) is 6.37. The van der Waals surface area contributed by atoms with Crippen LogP contribution >= 0.6 is 11.3 Å². The molecule has 2 heterocycles. The molecule has 2 aromatic rings. The molecule has 0 saturated carbocycles. The van der Waals surface area contributed by atoms with E-state index >= 15 is 0 Å². The number of aromatic nitrogens is 2. The predicted molar refractivity (Wildman–Crippen MR) is 75.9 cm³/mol. The van der Waals surface area contributed by atoms with Crippen LogP contribution in [0.5, 0.6) is 0 Å². The van der Waals surface area contributed by atoms with Crippen molar-refractivity contribution < 1.29 is 0 Å². The number of pyridine rings is 1. The second kappa shape index (κ2) is 6.61. The molecule has 1 N–H and O–H groups in total. The highest BCUT2D eigenvalue weighted by Gasteiger charge is 2.09. The van der Waals surface area contributed by atoms with Crippen LogP contribution in [-0.4, -0.2) is 16.5 Å². The number of thiazole rings is 1. The molecule has 2 rings (SSSR count). The van der Waals surface area contributed by atoms with E-state index in [4.69, 9.17) is 0 Å². The molecule has 0 aliphatic carbocycles. The fraction of sp³-hybridized carbons (Fsp3) is 0.429. The third-order valence-electron chi connectivity index (χ3n) is 2.76. The minimum absolute atomic E-state index is 0.389. The van der Waals surface area contributed by atoms with Crippen molar-refractivity contribution in [1.82, 2.24) is 15.3 Å². The highest BCUT2D eigenvalue weighted by Crippen LogP contribution is 2.22. The number of rotatable bonds is 6. The first kappa shape index (κ1) is 13.2. The van der Waals surface area contributed by atoms with Crippen LogP contribution < -0.4 is 5.32 Å². The van der Waals surface area contributed by atoms with Crippen LogP contribution in [0.3, 0.4) is 0 Å². The molecule has 1 atom stereocenters. The summed E-state index contributed by atoms with van der Waals surface area (Å²) in [5.41, 5.74) is 1.08. The second-order valence-corrected chi connectivity index (χ2v) is 5.48. The van der Waals surface area contributed by atoms with E-state index in [0.29, 0.717) is 6.04 Å². The minimum Gasteiger partial charge on any atom is -0.309 e. The Morgan fingerprint density at radius 2 is 2.22 bits per heavy atom. The Bertz CT molecular complexity index is 467. The fourth-order valence-electron chi connectivity index (χ4n) is 1.73. The maximum absolute atomic E-state index is 4.48. The van der Waals surface area contributed by atoms with Crippen molar-refractivity contribution in [3.8, 4) is 0 Å². The summed E-state index contributed by atoms with van der Waals surface area (Å²) in [6.07, 6.45) is 5.79. The molecule has 2 aromatic heterocycles. The summed E-state index contributed by atoms with van der Waals surface area (Å²) in [7, 11) is 0. The minimum atomic E-state index is 0.389. The van der Waals surface area contributed by atoms with Gasteiger partial charge in [-0.2, -0.15) is 0 Å². The van der Waals surface area contributed by atoms with Crippen molar-refractivity contribution in [2.24, 2.45) is 0 Å². The Labute approximate surface area is 112 Å². The van der Waals surface area contributed by atoms with E-state index in [1.54, 1.807) is 11.3 Å². The number of hydrogen-bond acceptors (Lipinski definition) is 4. The maximum atomic E-state index is 4.48. The monoisotopic (exact) mass is 261 g/mol. The summed E-state index contributed by atoms with van der Waals surface area (Å²) < 4.78 is 0. The van der Waals surface area contributed by atoms with Crippen LogP contribution in [0.25, 0.3) is 0 Å². The highest BCUT2D eigenvalue weighted by molar-refractivity contribution is 7.11. The third-order valence-corrected chi connectivity index (χ3v) is 3.94. The highest BCUT2D eigenvalue weighted by atomic mass is 32.1. The molecular formula is C14H19N3S. The quantitative estimate of drug-likeness (QED) is 0.868. The van der Waals surface area contributed by atoms with Crippen LogP contribution in [0, 0.1) is 0 Å². The molecule has 0 aromatic carbocycles. The zero-order chi connectivity index (χ0) is 12.8. The second-order valence-electron chi connectivity index (χ2n) is 4.33. The van der Waals surface area contributed by atoms with Gasteiger partial charge in [-0.05, 0) is 32.0 Å². The number of nitrogens with one attached hydrogen (secondary N) is 1. The standard InChI is InChI=1S/C14H19N3S/c1-3-7-15-11(2)13-10-17-14(18-13)9-12-6-4-5-8-16-12/h4-6,8,10-11,15H,3,7,9H2,1-2H3. The predicted octanol–water partition coefficient (Wildman–Crippen LogP) is 3.19. The lowest BCUT2D eigenvalue weighted by molar-refractivity contribution is 0.577. The Morgan fingerprint density at radius 1 is 1.33 bits per heavy atom. The molecule has 0 saturated heterocycles. The summed E-state index contributed by atoms with van der Waals surface area (Å²) >= 11 is 1.77.